The highest BCUT2D eigenvalue weighted by molar-refractivity contribution is 6.33. The number of aromatic nitrogens is 1. The molecular formula is C23H25ClN2O2. The van der Waals surface area contributed by atoms with E-state index in [4.69, 9.17) is 16.0 Å². The summed E-state index contributed by atoms with van der Waals surface area (Å²) in [6.07, 6.45) is 2.40. The van der Waals surface area contributed by atoms with E-state index < -0.39 is 0 Å². The number of nitrogens with zero attached hydrogens (tertiary/aromatic N) is 1. The predicted octanol–water partition coefficient (Wildman–Crippen LogP) is 5.93. The van der Waals surface area contributed by atoms with Crippen LogP contribution in [-0.4, -0.2) is 10.9 Å². The maximum Gasteiger partial charge on any atom is 0.220 e. The molecule has 0 spiro atoms. The summed E-state index contributed by atoms with van der Waals surface area (Å²) < 4.78 is 5.75. The number of oxazole rings is 1. The molecule has 28 heavy (non-hydrogen) atoms. The molecule has 1 heterocycles. The first-order valence-corrected chi connectivity index (χ1v) is 9.90. The summed E-state index contributed by atoms with van der Waals surface area (Å²) in [7, 11) is 0. The molecule has 1 atom stereocenters. The highest BCUT2D eigenvalue weighted by Crippen LogP contribution is 2.28. The third-order valence-corrected chi connectivity index (χ3v) is 5.07. The first-order chi connectivity index (χ1) is 13.4. The zero-order valence-corrected chi connectivity index (χ0v) is 17.2. The number of aryl methyl sites for hydroxylation is 1. The second-order valence-electron chi connectivity index (χ2n) is 7.21. The topological polar surface area (TPSA) is 55.1 Å². The van der Waals surface area contributed by atoms with Gasteiger partial charge in [0, 0.05) is 18.4 Å². The molecule has 1 N–H and O–H groups in total. The fraction of sp³-hybridized carbons (Fsp3) is 0.304. The number of carbonyl (C=O) groups excluding carboxylic acids is 1. The molecule has 0 bridgehead atoms. The molecule has 2 aromatic carbocycles. The summed E-state index contributed by atoms with van der Waals surface area (Å²) in [5.41, 5.74) is 3.18. The number of nitrogens with one attached hydrogen (secondary N) is 1. The van der Waals surface area contributed by atoms with Crippen molar-refractivity contribution in [3.63, 3.8) is 0 Å². The van der Waals surface area contributed by atoms with Gasteiger partial charge in [0.2, 0.25) is 5.91 Å². The minimum atomic E-state index is -0.0445. The molecule has 1 amide bonds. The van der Waals surface area contributed by atoms with Crippen molar-refractivity contribution in [1.82, 2.24) is 10.3 Å². The van der Waals surface area contributed by atoms with E-state index in [1.54, 1.807) is 6.20 Å². The lowest BCUT2D eigenvalue weighted by molar-refractivity contribution is -0.121. The molecule has 0 aliphatic rings. The first-order valence-electron chi connectivity index (χ1n) is 9.53. The second kappa shape index (κ2) is 9.07. The van der Waals surface area contributed by atoms with Crippen molar-refractivity contribution in [2.75, 3.05) is 0 Å². The van der Waals surface area contributed by atoms with Gasteiger partial charge in [-0.05, 0) is 36.1 Å². The van der Waals surface area contributed by atoms with Gasteiger partial charge in [0.05, 0.1) is 17.3 Å². The molecule has 0 saturated heterocycles. The van der Waals surface area contributed by atoms with Gasteiger partial charge in [-0.25, -0.2) is 4.98 Å². The van der Waals surface area contributed by atoms with Crippen LogP contribution in [0.25, 0.3) is 11.3 Å². The monoisotopic (exact) mass is 396 g/mol. The average molecular weight is 397 g/mol. The quantitative estimate of drug-likeness (QED) is 0.538. The smallest absolute Gasteiger partial charge is 0.220 e. The van der Waals surface area contributed by atoms with Crippen molar-refractivity contribution in [3.05, 3.63) is 76.8 Å². The van der Waals surface area contributed by atoms with Crippen LogP contribution in [0.4, 0.5) is 0 Å². The number of halogens is 1. The molecule has 1 aromatic heterocycles. The molecule has 3 aromatic rings. The molecule has 3 rings (SSSR count). The Morgan fingerprint density at radius 2 is 1.75 bits per heavy atom. The Morgan fingerprint density at radius 3 is 2.43 bits per heavy atom. The van der Waals surface area contributed by atoms with E-state index in [1.807, 2.05) is 31.2 Å². The predicted molar refractivity (Wildman–Crippen MR) is 112 cm³/mol. The van der Waals surface area contributed by atoms with Gasteiger partial charge < -0.3 is 9.73 Å². The van der Waals surface area contributed by atoms with Crippen molar-refractivity contribution in [3.8, 4) is 11.3 Å². The normalized spacial score (nSPS) is 12.2. The zero-order valence-electron chi connectivity index (χ0n) is 16.4. The zero-order chi connectivity index (χ0) is 20.1. The fourth-order valence-corrected chi connectivity index (χ4v) is 3.23. The van der Waals surface area contributed by atoms with Crippen LogP contribution in [-0.2, 0) is 11.2 Å². The maximum atomic E-state index is 12.3. The van der Waals surface area contributed by atoms with Crippen molar-refractivity contribution in [1.29, 1.82) is 0 Å². The number of carbonyl (C=O) groups is 1. The van der Waals surface area contributed by atoms with Gasteiger partial charge in [-0.15, -0.1) is 0 Å². The van der Waals surface area contributed by atoms with Gasteiger partial charge in [-0.1, -0.05) is 61.8 Å². The van der Waals surface area contributed by atoms with Crippen LogP contribution in [0.5, 0.6) is 0 Å². The van der Waals surface area contributed by atoms with Crippen LogP contribution >= 0.6 is 11.6 Å². The third kappa shape index (κ3) is 5.02. The summed E-state index contributed by atoms with van der Waals surface area (Å²) in [5.74, 6) is 1.60. The minimum Gasteiger partial charge on any atom is -0.441 e. The molecule has 5 heteroatoms. The van der Waals surface area contributed by atoms with Crippen molar-refractivity contribution < 1.29 is 9.21 Å². The summed E-state index contributed by atoms with van der Waals surface area (Å²) in [5, 5.41) is 3.64. The van der Waals surface area contributed by atoms with Crippen LogP contribution in [0.1, 0.15) is 56.2 Å². The van der Waals surface area contributed by atoms with Crippen molar-refractivity contribution in [2.45, 2.75) is 45.6 Å². The summed E-state index contributed by atoms with van der Waals surface area (Å²) in [6.45, 7) is 6.32. The Kier molecular flexibility index (Phi) is 6.53. The molecule has 0 fully saturated rings. The van der Waals surface area contributed by atoms with Crippen LogP contribution < -0.4 is 5.32 Å². The van der Waals surface area contributed by atoms with Crippen LogP contribution in [0, 0.1) is 0 Å². The standard InChI is InChI=1S/C23H25ClN2O2/c1-15(2)17-8-10-18(11-9-17)16(3)26-22(27)12-13-23-25-14-21(28-23)19-6-4-5-7-20(19)24/h4-11,14-16H,12-13H2,1-3H3,(H,26,27). The highest BCUT2D eigenvalue weighted by atomic mass is 35.5. The third-order valence-electron chi connectivity index (χ3n) is 4.74. The number of amides is 1. The van der Waals surface area contributed by atoms with E-state index in [0.717, 1.165) is 11.1 Å². The molecule has 0 aliphatic heterocycles. The lowest BCUT2D eigenvalue weighted by atomic mass is 9.99. The van der Waals surface area contributed by atoms with E-state index in [1.165, 1.54) is 5.56 Å². The molecule has 146 valence electrons. The lowest BCUT2D eigenvalue weighted by Gasteiger charge is -2.15. The van der Waals surface area contributed by atoms with Crippen LogP contribution in [0.15, 0.2) is 59.1 Å². The Labute approximate surface area is 170 Å². The van der Waals surface area contributed by atoms with Gasteiger partial charge >= 0.3 is 0 Å². The molecule has 0 aliphatic carbocycles. The van der Waals surface area contributed by atoms with E-state index in [0.29, 0.717) is 35.4 Å². The molecular weight excluding hydrogens is 372 g/mol. The lowest BCUT2D eigenvalue weighted by Crippen LogP contribution is -2.26. The van der Waals surface area contributed by atoms with Gasteiger partial charge in [-0.2, -0.15) is 0 Å². The Balaban J connectivity index is 1.54. The van der Waals surface area contributed by atoms with Gasteiger partial charge in [-0.3, -0.25) is 4.79 Å². The van der Waals surface area contributed by atoms with Crippen LogP contribution in [0.2, 0.25) is 5.02 Å². The van der Waals surface area contributed by atoms with E-state index in [2.05, 4.69) is 48.4 Å². The number of benzene rings is 2. The maximum absolute atomic E-state index is 12.3. The molecule has 0 saturated carbocycles. The Morgan fingerprint density at radius 1 is 1.07 bits per heavy atom. The molecule has 4 nitrogen and oxygen atoms in total. The minimum absolute atomic E-state index is 0.0297. The van der Waals surface area contributed by atoms with E-state index >= 15 is 0 Å². The highest BCUT2D eigenvalue weighted by Gasteiger charge is 2.13. The average Bonchev–Trinajstić information content (AvgIpc) is 3.15. The SMILES string of the molecule is CC(C)c1ccc(C(C)NC(=O)CCc2ncc(-c3ccccc3Cl)o2)cc1. The summed E-state index contributed by atoms with van der Waals surface area (Å²) in [6, 6.07) is 15.8. The second-order valence-corrected chi connectivity index (χ2v) is 7.62. The molecule has 1 unspecified atom stereocenters. The number of hydrogen-bond donors (Lipinski definition) is 1. The van der Waals surface area contributed by atoms with Gasteiger partial charge in [0.1, 0.15) is 0 Å². The first kappa shape index (κ1) is 20.2. The number of rotatable bonds is 7. The summed E-state index contributed by atoms with van der Waals surface area (Å²) in [4.78, 5) is 16.6. The number of hydrogen-bond acceptors (Lipinski definition) is 3. The summed E-state index contributed by atoms with van der Waals surface area (Å²) >= 11 is 6.19. The van der Waals surface area contributed by atoms with Gasteiger partial charge in [0.15, 0.2) is 11.7 Å². The van der Waals surface area contributed by atoms with Crippen molar-refractivity contribution >= 4 is 17.5 Å². The largest absolute Gasteiger partial charge is 0.441 e. The van der Waals surface area contributed by atoms with Gasteiger partial charge in [0.25, 0.3) is 0 Å². The molecule has 0 radical (unpaired) electrons. The van der Waals surface area contributed by atoms with E-state index in [9.17, 15) is 4.79 Å². The van der Waals surface area contributed by atoms with Crippen LogP contribution in [0.3, 0.4) is 0 Å². The van der Waals surface area contributed by atoms with E-state index in [-0.39, 0.29) is 11.9 Å². The van der Waals surface area contributed by atoms with Crippen molar-refractivity contribution in [2.24, 2.45) is 0 Å². The Hall–Kier alpha value is -2.59. The fourth-order valence-electron chi connectivity index (χ4n) is 3.00. The Bertz CT molecular complexity index is 932.